The highest BCUT2D eigenvalue weighted by atomic mass is 31.1. The summed E-state index contributed by atoms with van der Waals surface area (Å²) in [4.78, 5) is 0. The van der Waals surface area contributed by atoms with E-state index >= 15 is 0 Å². The zero-order valence-corrected chi connectivity index (χ0v) is 26.8. The third-order valence-electron chi connectivity index (χ3n) is 8.99. The van der Waals surface area contributed by atoms with E-state index in [9.17, 15) is 0 Å². The van der Waals surface area contributed by atoms with Crippen molar-refractivity contribution >= 4 is 13.2 Å². The van der Waals surface area contributed by atoms with Gasteiger partial charge in [0.25, 0.3) is 0 Å². The van der Waals surface area contributed by atoms with Crippen LogP contribution in [0.15, 0.2) is 109 Å². The van der Waals surface area contributed by atoms with Crippen LogP contribution in [0, 0.1) is 12.8 Å². The predicted octanol–water partition coefficient (Wildman–Crippen LogP) is 11.0. The molecule has 3 aromatic carbocycles. The molecule has 0 aliphatic heterocycles. The van der Waals surface area contributed by atoms with Crippen molar-refractivity contribution in [3.05, 3.63) is 136 Å². The normalized spacial score (nSPS) is 17.1. The summed E-state index contributed by atoms with van der Waals surface area (Å²) in [7, 11) is -0.545. The van der Waals surface area contributed by atoms with Crippen LogP contribution < -0.4 is 5.30 Å². The van der Waals surface area contributed by atoms with E-state index in [1.54, 1.807) is 0 Å². The van der Waals surface area contributed by atoms with Crippen LogP contribution in [0.5, 0.6) is 0 Å². The van der Waals surface area contributed by atoms with Crippen LogP contribution in [0.4, 0.5) is 0 Å². The number of allylic oxidation sites excluding steroid dienone is 6. The van der Waals surface area contributed by atoms with Gasteiger partial charge in [-0.15, -0.1) is 0 Å². The molecular weight excluding hydrogens is 499 g/mol. The second kappa shape index (κ2) is 12.3. The second-order valence-corrected chi connectivity index (χ2v) is 14.2. The topological polar surface area (TPSA) is 0 Å². The average molecular weight is 547 g/mol. The fraction of sp³-hybridized carbons (Fsp3) is 0.333. The summed E-state index contributed by atoms with van der Waals surface area (Å²) in [5, 5.41) is 3.03. The fourth-order valence-electron chi connectivity index (χ4n) is 6.51. The molecule has 0 nitrogen and oxygen atoms in total. The lowest BCUT2D eigenvalue weighted by atomic mass is 9.81. The van der Waals surface area contributed by atoms with Crippen molar-refractivity contribution in [2.45, 2.75) is 72.6 Å². The number of benzene rings is 3. The van der Waals surface area contributed by atoms with Crippen LogP contribution in [0.1, 0.15) is 81.7 Å². The minimum absolute atomic E-state index is 0.0347. The maximum Gasteiger partial charge on any atom is 0.0114 e. The first-order valence-electron chi connectivity index (χ1n) is 14.8. The van der Waals surface area contributed by atoms with Gasteiger partial charge in [-0.3, -0.25) is 0 Å². The van der Waals surface area contributed by atoms with Crippen molar-refractivity contribution in [1.82, 2.24) is 0 Å². The molecule has 0 spiro atoms. The molecule has 2 unspecified atom stereocenters. The molecule has 0 aromatic heterocycles. The first kappa shape index (κ1) is 30.0. The summed E-state index contributed by atoms with van der Waals surface area (Å²) in [5.74, 6) is 0.774. The Morgan fingerprint density at radius 1 is 0.975 bits per heavy atom. The number of hydrogen-bond donors (Lipinski definition) is 0. The molecule has 1 aliphatic rings. The number of hydrogen-bond acceptors (Lipinski definition) is 0. The average Bonchev–Trinajstić information content (AvgIpc) is 3.20. The van der Waals surface area contributed by atoms with Crippen LogP contribution in [0.3, 0.4) is 0 Å². The van der Waals surface area contributed by atoms with E-state index in [0.717, 1.165) is 12.8 Å². The monoisotopic (exact) mass is 546 g/mol. The van der Waals surface area contributed by atoms with Gasteiger partial charge in [-0.25, -0.2) is 0 Å². The van der Waals surface area contributed by atoms with Gasteiger partial charge in [0, 0.05) is 11.3 Å². The minimum atomic E-state index is -0.545. The van der Waals surface area contributed by atoms with E-state index in [4.69, 9.17) is 0 Å². The highest BCUT2D eigenvalue weighted by Gasteiger charge is 2.36. The molecule has 2 atom stereocenters. The first-order chi connectivity index (χ1) is 19.0. The molecule has 0 saturated heterocycles. The Morgan fingerprint density at radius 3 is 2.30 bits per heavy atom. The fourth-order valence-corrected chi connectivity index (χ4v) is 9.12. The molecular formula is C39H47P. The molecule has 0 radical (unpaired) electrons. The van der Waals surface area contributed by atoms with Gasteiger partial charge in [0.05, 0.1) is 0 Å². The second-order valence-electron chi connectivity index (χ2n) is 12.2. The van der Waals surface area contributed by atoms with Gasteiger partial charge in [-0.2, -0.15) is 0 Å². The van der Waals surface area contributed by atoms with Crippen molar-refractivity contribution in [3.8, 4) is 11.1 Å². The smallest absolute Gasteiger partial charge is 0.0114 e. The zero-order chi connectivity index (χ0) is 29.2. The molecule has 3 aromatic rings. The van der Waals surface area contributed by atoms with Crippen LogP contribution in [0.25, 0.3) is 11.1 Å². The summed E-state index contributed by atoms with van der Waals surface area (Å²) in [6.45, 7) is 27.2. The Balaban J connectivity index is 1.91. The molecule has 4 rings (SSSR count). The molecule has 0 bridgehead atoms. The van der Waals surface area contributed by atoms with Crippen LogP contribution in [-0.4, -0.2) is 6.66 Å². The Hall–Kier alpha value is -2.95. The lowest BCUT2D eigenvalue weighted by molar-refractivity contribution is 0.644. The SMILES string of the molecule is C=C/C=C1\Cc2c(C(C)c3ccc(-c4ccccc4)c(P(C)/C(=C/C(=C)CC)C(C)C)c3C)cccc2C1(C)C. The molecule has 0 amide bonds. The molecule has 208 valence electrons. The summed E-state index contributed by atoms with van der Waals surface area (Å²) >= 11 is 0. The van der Waals surface area contributed by atoms with Crippen molar-refractivity contribution in [3.63, 3.8) is 0 Å². The third kappa shape index (κ3) is 5.62. The van der Waals surface area contributed by atoms with Gasteiger partial charge in [0.15, 0.2) is 0 Å². The van der Waals surface area contributed by atoms with Gasteiger partial charge in [0.1, 0.15) is 0 Å². The Bertz CT molecular complexity index is 1460. The molecule has 0 fully saturated rings. The van der Waals surface area contributed by atoms with Crippen molar-refractivity contribution in [2.24, 2.45) is 5.92 Å². The van der Waals surface area contributed by atoms with Crippen molar-refractivity contribution < 1.29 is 0 Å². The molecule has 40 heavy (non-hydrogen) atoms. The maximum absolute atomic E-state index is 4.35. The number of fused-ring (bicyclic) bond motifs is 1. The Kier molecular flexibility index (Phi) is 9.22. The minimum Gasteiger partial charge on any atom is -0.0991 e. The molecule has 0 N–H and O–H groups in total. The molecule has 0 heterocycles. The van der Waals surface area contributed by atoms with Crippen LogP contribution in [0.2, 0.25) is 0 Å². The van der Waals surface area contributed by atoms with Crippen LogP contribution in [-0.2, 0) is 11.8 Å². The predicted molar refractivity (Wildman–Crippen MR) is 180 cm³/mol. The van der Waals surface area contributed by atoms with Gasteiger partial charge >= 0.3 is 0 Å². The standard InChI is InChI=1S/C39H47P/c1-11-17-31-25-35-33(20-16-21-36(35)39(31,8)9)28(6)32-22-23-34(30-18-14-13-15-19-30)38(29(32)7)40(10)37(26(3)4)24-27(5)12-2/h11,13-24,26,28H,1,5,12,25H2,2-4,6-10H3/b31-17+,37-24+. The Labute approximate surface area is 245 Å². The first-order valence-corrected chi connectivity index (χ1v) is 16.6. The van der Waals surface area contributed by atoms with E-state index in [1.807, 2.05) is 6.08 Å². The molecule has 1 aliphatic carbocycles. The van der Waals surface area contributed by atoms with Gasteiger partial charge < -0.3 is 0 Å². The van der Waals surface area contributed by atoms with Crippen molar-refractivity contribution in [1.29, 1.82) is 0 Å². The van der Waals surface area contributed by atoms with Gasteiger partial charge in [-0.1, -0.05) is 153 Å². The van der Waals surface area contributed by atoms with E-state index in [1.165, 1.54) is 60.7 Å². The maximum atomic E-state index is 4.35. The van der Waals surface area contributed by atoms with E-state index in [-0.39, 0.29) is 5.41 Å². The lowest BCUT2D eigenvalue weighted by Crippen LogP contribution is -2.17. The third-order valence-corrected chi connectivity index (χ3v) is 11.7. The van der Waals surface area contributed by atoms with Crippen molar-refractivity contribution in [2.75, 3.05) is 6.66 Å². The lowest BCUT2D eigenvalue weighted by Gasteiger charge is -2.29. The molecule has 1 heteroatoms. The van der Waals surface area contributed by atoms with E-state index in [0.29, 0.717) is 11.8 Å². The Morgan fingerprint density at radius 2 is 1.68 bits per heavy atom. The highest BCUT2D eigenvalue weighted by Crippen LogP contribution is 2.50. The van der Waals surface area contributed by atoms with E-state index in [2.05, 4.69) is 141 Å². The quantitative estimate of drug-likeness (QED) is 0.185. The zero-order valence-electron chi connectivity index (χ0n) is 25.9. The van der Waals surface area contributed by atoms with Gasteiger partial charge in [0.2, 0.25) is 0 Å². The van der Waals surface area contributed by atoms with Crippen LogP contribution >= 0.6 is 7.92 Å². The summed E-state index contributed by atoms with van der Waals surface area (Å²) in [6, 6.07) is 22.7. The molecule has 0 saturated carbocycles. The summed E-state index contributed by atoms with van der Waals surface area (Å²) in [5.41, 5.74) is 12.7. The van der Waals surface area contributed by atoms with Gasteiger partial charge in [-0.05, 0) is 81.9 Å². The summed E-state index contributed by atoms with van der Waals surface area (Å²) < 4.78 is 0. The van der Waals surface area contributed by atoms with E-state index < -0.39 is 7.92 Å². The highest BCUT2D eigenvalue weighted by molar-refractivity contribution is 7.69. The summed E-state index contributed by atoms with van der Waals surface area (Å²) in [6.07, 6.45) is 8.55. The number of rotatable bonds is 9. The largest absolute Gasteiger partial charge is 0.0991 e.